The molecule has 1 atom stereocenters. The number of halogens is 1. The second-order valence-corrected chi connectivity index (χ2v) is 4.78. The standard InChI is InChI=1S/C13H20BrNO/c1-3-6-11(2)15-9-10-16-13-8-5-4-7-12(13)14/h4-5,7-8,11,15H,3,6,9-10H2,1-2H3. The third-order valence-corrected chi connectivity index (χ3v) is 3.07. The van der Waals surface area contributed by atoms with Gasteiger partial charge in [-0.15, -0.1) is 0 Å². The van der Waals surface area contributed by atoms with Crippen molar-refractivity contribution < 1.29 is 4.74 Å². The Labute approximate surface area is 107 Å². The summed E-state index contributed by atoms with van der Waals surface area (Å²) in [5.41, 5.74) is 0. The monoisotopic (exact) mass is 285 g/mol. The van der Waals surface area contributed by atoms with Gasteiger partial charge >= 0.3 is 0 Å². The molecule has 0 aliphatic rings. The fourth-order valence-electron chi connectivity index (χ4n) is 1.56. The van der Waals surface area contributed by atoms with E-state index in [1.165, 1.54) is 12.8 Å². The van der Waals surface area contributed by atoms with Gasteiger partial charge in [-0.25, -0.2) is 0 Å². The summed E-state index contributed by atoms with van der Waals surface area (Å²) in [5.74, 6) is 0.910. The van der Waals surface area contributed by atoms with Crippen molar-refractivity contribution in [3.05, 3.63) is 28.7 Å². The van der Waals surface area contributed by atoms with Crippen molar-refractivity contribution in [1.29, 1.82) is 0 Å². The van der Waals surface area contributed by atoms with Gasteiger partial charge in [0.25, 0.3) is 0 Å². The van der Waals surface area contributed by atoms with E-state index in [0.717, 1.165) is 16.8 Å². The first-order valence-electron chi connectivity index (χ1n) is 5.84. The average Bonchev–Trinajstić information content (AvgIpc) is 2.27. The minimum atomic E-state index is 0.577. The summed E-state index contributed by atoms with van der Waals surface area (Å²) in [4.78, 5) is 0. The van der Waals surface area contributed by atoms with E-state index in [0.29, 0.717) is 12.6 Å². The fourth-order valence-corrected chi connectivity index (χ4v) is 1.96. The molecule has 1 aromatic carbocycles. The molecule has 0 radical (unpaired) electrons. The third-order valence-electron chi connectivity index (χ3n) is 2.41. The number of benzene rings is 1. The molecule has 1 rings (SSSR count). The predicted molar refractivity (Wildman–Crippen MR) is 72.0 cm³/mol. The van der Waals surface area contributed by atoms with Gasteiger partial charge in [-0.3, -0.25) is 0 Å². The van der Waals surface area contributed by atoms with Crippen LogP contribution in [0.2, 0.25) is 0 Å². The molecule has 0 aromatic heterocycles. The van der Waals surface area contributed by atoms with Gasteiger partial charge in [0.2, 0.25) is 0 Å². The highest BCUT2D eigenvalue weighted by Gasteiger charge is 2.00. The second-order valence-electron chi connectivity index (χ2n) is 3.92. The maximum atomic E-state index is 5.66. The van der Waals surface area contributed by atoms with Crippen LogP contribution in [0.1, 0.15) is 26.7 Å². The number of nitrogens with one attached hydrogen (secondary N) is 1. The summed E-state index contributed by atoms with van der Waals surface area (Å²) in [6.45, 7) is 6.01. The smallest absolute Gasteiger partial charge is 0.133 e. The molecular weight excluding hydrogens is 266 g/mol. The molecule has 0 spiro atoms. The van der Waals surface area contributed by atoms with Gasteiger partial charge in [0, 0.05) is 12.6 Å². The van der Waals surface area contributed by atoms with Gasteiger partial charge < -0.3 is 10.1 Å². The number of ether oxygens (including phenoxy) is 1. The molecular formula is C13H20BrNO. The Morgan fingerprint density at radius 1 is 1.38 bits per heavy atom. The van der Waals surface area contributed by atoms with E-state index >= 15 is 0 Å². The maximum Gasteiger partial charge on any atom is 0.133 e. The molecule has 0 amide bonds. The number of hydrogen-bond donors (Lipinski definition) is 1. The Morgan fingerprint density at radius 3 is 2.81 bits per heavy atom. The molecule has 0 bridgehead atoms. The first kappa shape index (κ1) is 13.5. The van der Waals surface area contributed by atoms with Crippen LogP contribution in [-0.4, -0.2) is 19.2 Å². The SMILES string of the molecule is CCCC(C)NCCOc1ccccc1Br. The Morgan fingerprint density at radius 2 is 2.12 bits per heavy atom. The summed E-state index contributed by atoms with van der Waals surface area (Å²) >= 11 is 3.46. The van der Waals surface area contributed by atoms with Crippen LogP contribution >= 0.6 is 15.9 Å². The zero-order valence-corrected chi connectivity index (χ0v) is 11.6. The van der Waals surface area contributed by atoms with E-state index in [9.17, 15) is 0 Å². The molecule has 1 aromatic rings. The first-order valence-corrected chi connectivity index (χ1v) is 6.64. The first-order chi connectivity index (χ1) is 7.74. The van der Waals surface area contributed by atoms with Crippen molar-refractivity contribution in [1.82, 2.24) is 5.32 Å². The minimum Gasteiger partial charge on any atom is -0.491 e. The lowest BCUT2D eigenvalue weighted by atomic mass is 10.2. The van der Waals surface area contributed by atoms with Crippen molar-refractivity contribution in [3.8, 4) is 5.75 Å². The number of hydrogen-bond acceptors (Lipinski definition) is 2. The van der Waals surface area contributed by atoms with Gasteiger partial charge in [-0.05, 0) is 41.4 Å². The Bertz CT molecular complexity index is 304. The van der Waals surface area contributed by atoms with E-state index in [1.807, 2.05) is 24.3 Å². The van der Waals surface area contributed by atoms with Gasteiger partial charge in [0.05, 0.1) is 4.47 Å². The third kappa shape index (κ3) is 4.99. The van der Waals surface area contributed by atoms with Crippen LogP contribution in [0.5, 0.6) is 5.75 Å². The summed E-state index contributed by atoms with van der Waals surface area (Å²) in [7, 11) is 0. The van der Waals surface area contributed by atoms with Gasteiger partial charge in [0.15, 0.2) is 0 Å². The summed E-state index contributed by atoms with van der Waals surface area (Å²) in [5, 5.41) is 3.43. The Kier molecular flexibility index (Phi) is 6.50. The zero-order valence-electron chi connectivity index (χ0n) is 10.0. The molecule has 0 aliphatic heterocycles. The number of rotatable bonds is 7. The molecule has 1 unspecified atom stereocenters. The molecule has 0 fully saturated rings. The fraction of sp³-hybridized carbons (Fsp3) is 0.538. The van der Waals surface area contributed by atoms with Crippen LogP contribution in [0.25, 0.3) is 0 Å². The van der Waals surface area contributed by atoms with E-state index in [2.05, 4.69) is 35.1 Å². The van der Waals surface area contributed by atoms with Crippen molar-refractivity contribution in [2.45, 2.75) is 32.7 Å². The highest BCUT2D eigenvalue weighted by molar-refractivity contribution is 9.10. The molecule has 0 aliphatic carbocycles. The highest BCUT2D eigenvalue weighted by Crippen LogP contribution is 2.23. The Balaban J connectivity index is 2.19. The lowest BCUT2D eigenvalue weighted by Crippen LogP contribution is -2.29. The molecule has 16 heavy (non-hydrogen) atoms. The van der Waals surface area contributed by atoms with Gasteiger partial charge in [-0.1, -0.05) is 25.5 Å². The molecule has 0 saturated heterocycles. The molecule has 0 heterocycles. The normalized spacial score (nSPS) is 12.4. The van der Waals surface area contributed by atoms with E-state index in [4.69, 9.17) is 4.74 Å². The van der Waals surface area contributed by atoms with Gasteiger partial charge in [-0.2, -0.15) is 0 Å². The summed E-state index contributed by atoms with van der Waals surface area (Å²) in [6.07, 6.45) is 2.44. The van der Waals surface area contributed by atoms with Gasteiger partial charge in [0.1, 0.15) is 12.4 Å². The molecule has 90 valence electrons. The zero-order chi connectivity index (χ0) is 11.8. The molecule has 0 saturated carbocycles. The van der Waals surface area contributed by atoms with Crippen molar-refractivity contribution in [3.63, 3.8) is 0 Å². The van der Waals surface area contributed by atoms with Crippen LogP contribution in [0.15, 0.2) is 28.7 Å². The topological polar surface area (TPSA) is 21.3 Å². The van der Waals surface area contributed by atoms with Crippen LogP contribution in [0.4, 0.5) is 0 Å². The largest absolute Gasteiger partial charge is 0.491 e. The van der Waals surface area contributed by atoms with Crippen molar-refractivity contribution >= 4 is 15.9 Å². The quantitative estimate of drug-likeness (QED) is 0.773. The minimum absolute atomic E-state index is 0.577. The lowest BCUT2D eigenvalue weighted by Gasteiger charge is -2.13. The van der Waals surface area contributed by atoms with Crippen LogP contribution in [0.3, 0.4) is 0 Å². The second kappa shape index (κ2) is 7.69. The Hall–Kier alpha value is -0.540. The lowest BCUT2D eigenvalue weighted by molar-refractivity contribution is 0.303. The van der Waals surface area contributed by atoms with E-state index < -0.39 is 0 Å². The molecule has 3 heteroatoms. The molecule has 2 nitrogen and oxygen atoms in total. The van der Waals surface area contributed by atoms with Crippen molar-refractivity contribution in [2.24, 2.45) is 0 Å². The summed E-state index contributed by atoms with van der Waals surface area (Å²) < 4.78 is 6.67. The highest BCUT2D eigenvalue weighted by atomic mass is 79.9. The van der Waals surface area contributed by atoms with Crippen LogP contribution in [-0.2, 0) is 0 Å². The number of para-hydroxylation sites is 1. The van der Waals surface area contributed by atoms with Crippen LogP contribution in [0, 0.1) is 0 Å². The molecule has 1 N–H and O–H groups in total. The summed E-state index contributed by atoms with van der Waals surface area (Å²) in [6, 6.07) is 8.50. The predicted octanol–water partition coefficient (Wildman–Crippen LogP) is 3.61. The average molecular weight is 286 g/mol. The van der Waals surface area contributed by atoms with Crippen LogP contribution < -0.4 is 10.1 Å². The van der Waals surface area contributed by atoms with Crippen molar-refractivity contribution in [2.75, 3.05) is 13.2 Å². The van der Waals surface area contributed by atoms with E-state index in [-0.39, 0.29) is 0 Å². The maximum absolute atomic E-state index is 5.66. The van der Waals surface area contributed by atoms with E-state index in [1.54, 1.807) is 0 Å².